The second-order valence-corrected chi connectivity index (χ2v) is 4.87. The van der Waals surface area contributed by atoms with E-state index >= 15 is 0 Å². The van der Waals surface area contributed by atoms with Crippen molar-refractivity contribution in [3.63, 3.8) is 0 Å². The van der Waals surface area contributed by atoms with Gasteiger partial charge in [0.2, 0.25) is 0 Å². The molecular formula is C17H19N3O4. The molecule has 2 aromatic rings. The van der Waals surface area contributed by atoms with E-state index in [1.807, 2.05) is 12.1 Å². The number of hydrogen-bond donors (Lipinski definition) is 1. The molecule has 126 valence electrons. The van der Waals surface area contributed by atoms with Crippen LogP contribution in [-0.4, -0.2) is 31.2 Å². The number of hydrazone groups is 1. The summed E-state index contributed by atoms with van der Waals surface area (Å²) in [6.45, 7) is 2.05. The summed E-state index contributed by atoms with van der Waals surface area (Å²) in [5, 5.41) is 3.92. The van der Waals surface area contributed by atoms with Gasteiger partial charge in [-0.25, -0.2) is 0 Å². The average Bonchev–Trinajstić information content (AvgIpc) is 2.62. The smallest absolute Gasteiger partial charge is 0.165 e. The second kappa shape index (κ2) is 8.64. The SMILES string of the molecule is COCc1ccc(Oc2ccc(N/N=C(\C)C=O)c(OC)c2)cn1. The van der Waals surface area contributed by atoms with Crippen LogP contribution in [0.5, 0.6) is 17.2 Å². The zero-order valence-electron chi connectivity index (χ0n) is 13.8. The molecule has 0 radical (unpaired) electrons. The molecule has 0 aliphatic rings. The van der Waals surface area contributed by atoms with Crippen LogP contribution in [-0.2, 0) is 16.1 Å². The van der Waals surface area contributed by atoms with Crippen molar-refractivity contribution >= 4 is 17.7 Å². The summed E-state index contributed by atoms with van der Waals surface area (Å²) < 4.78 is 16.1. The van der Waals surface area contributed by atoms with Crippen LogP contribution < -0.4 is 14.9 Å². The third-order valence-electron chi connectivity index (χ3n) is 3.02. The Morgan fingerprint density at radius 1 is 1.25 bits per heavy atom. The molecule has 0 aliphatic carbocycles. The first-order chi connectivity index (χ1) is 11.7. The van der Waals surface area contributed by atoms with Gasteiger partial charge in [-0.05, 0) is 31.2 Å². The van der Waals surface area contributed by atoms with Crippen molar-refractivity contribution in [2.75, 3.05) is 19.6 Å². The fourth-order valence-electron chi connectivity index (χ4n) is 1.84. The zero-order chi connectivity index (χ0) is 17.4. The minimum absolute atomic E-state index is 0.333. The molecule has 0 amide bonds. The first-order valence-corrected chi connectivity index (χ1v) is 7.21. The normalized spacial score (nSPS) is 11.0. The molecule has 0 bridgehead atoms. The van der Waals surface area contributed by atoms with E-state index in [0.717, 1.165) is 5.69 Å². The van der Waals surface area contributed by atoms with Crippen molar-refractivity contribution in [1.29, 1.82) is 0 Å². The van der Waals surface area contributed by atoms with E-state index in [-0.39, 0.29) is 0 Å². The Morgan fingerprint density at radius 2 is 2.04 bits per heavy atom. The number of nitrogens with zero attached hydrogens (tertiary/aromatic N) is 2. The minimum Gasteiger partial charge on any atom is -0.494 e. The lowest BCUT2D eigenvalue weighted by Crippen LogP contribution is -2.00. The zero-order valence-corrected chi connectivity index (χ0v) is 13.8. The molecule has 0 unspecified atom stereocenters. The van der Waals surface area contributed by atoms with Crippen LogP contribution in [0.3, 0.4) is 0 Å². The van der Waals surface area contributed by atoms with Gasteiger partial charge in [-0.1, -0.05) is 0 Å². The van der Waals surface area contributed by atoms with E-state index in [1.54, 1.807) is 45.5 Å². The molecule has 0 aliphatic heterocycles. The Hall–Kier alpha value is -2.93. The maximum atomic E-state index is 10.6. The molecule has 1 N–H and O–H groups in total. The summed E-state index contributed by atoms with van der Waals surface area (Å²) in [6, 6.07) is 8.89. The number of carbonyl (C=O) groups is 1. The quantitative estimate of drug-likeness (QED) is 0.455. The van der Waals surface area contributed by atoms with Gasteiger partial charge in [0, 0.05) is 13.2 Å². The highest BCUT2D eigenvalue weighted by atomic mass is 16.5. The Morgan fingerprint density at radius 3 is 2.67 bits per heavy atom. The summed E-state index contributed by atoms with van der Waals surface area (Å²) in [7, 11) is 3.16. The molecule has 2 rings (SSSR count). The number of methoxy groups -OCH3 is 2. The van der Waals surface area contributed by atoms with Gasteiger partial charge in [-0.15, -0.1) is 0 Å². The van der Waals surface area contributed by atoms with Crippen LogP contribution in [0.15, 0.2) is 41.6 Å². The van der Waals surface area contributed by atoms with Crippen LogP contribution in [0.4, 0.5) is 5.69 Å². The number of benzene rings is 1. The van der Waals surface area contributed by atoms with Crippen LogP contribution in [0.2, 0.25) is 0 Å². The van der Waals surface area contributed by atoms with Gasteiger partial charge in [0.05, 0.1) is 37.0 Å². The lowest BCUT2D eigenvalue weighted by atomic mass is 10.2. The van der Waals surface area contributed by atoms with Crippen LogP contribution in [0, 0.1) is 0 Å². The van der Waals surface area contributed by atoms with E-state index in [0.29, 0.717) is 41.5 Å². The van der Waals surface area contributed by atoms with Gasteiger partial charge in [0.25, 0.3) is 0 Å². The fourth-order valence-corrected chi connectivity index (χ4v) is 1.84. The molecular weight excluding hydrogens is 310 g/mol. The molecule has 0 saturated carbocycles. The van der Waals surface area contributed by atoms with E-state index in [4.69, 9.17) is 14.2 Å². The molecule has 0 saturated heterocycles. The largest absolute Gasteiger partial charge is 0.494 e. The van der Waals surface area contributed by atoms with Gasteiger partial charge in [-0.3, -0.25) is 15.2 Å². The number of carbonyl (C=O) groups excluding carboxylic acids is 1. The van der Waals surface area contributed by atoms with Crippen LogP contribution >= 0.6 is 0 Å². The van der Waals surface area contributed by atoms with Gasteiger partial charge in [-0.2, -0.15) is 5.10 Å². The summed E-state index contributed by atoms with van der Waals surface area (Å²) in [5.41, 5.74) is 4.56. The molecule has 7 nitrogen and oxygen atoms in total. The van der Waals surface area contributed by atoms with Gasteiger partial charge >= 0.3 is 0 Å². The van der Waals surface area contributed by atoms with Crippen LogP contribution in [0.1, 0.15) is 12.6 Å². The van der Waals surface area contributed by atoms with E-state index in [2.05, 4.69) is 15.5 Å². The highest BCUT2D eigenvalue weighted by molar-refractivity contribution is 6.27. The molecule has 7 heteroatoms. The van der Waals surface area contributed by atoms with Crippen molar-refractivity contribution in [2.24, 2.45) is 5.10 Å². The number of anilines is 1. The van der Waals surface area contributed by atoms with Crippen molar-refractivity contribution < 1.29 is 19.0 Å². The van der Waals surface area contributed by atoms with Crippen molar-refractivity contribution in [2.45, 2.75) is 13.5 Å². The van der Waals surface area contributed by atoms with Crippen LogP contribution in [0.25, 0.3) is 0 Å². The summed E-state index contributed by atoms with van der Waals surface area (Å²) in [5.74, 6) is 1.74. The predicted octanol–water partition coefficient (Wildman–Crippen LogP) is 3.02. The average molecular weight is 329 g/mol. The Bertz CT molecular complexity index is 714. The third kappa shape index (κ3) is 4.79. The Balaban J connectivity index is 2.12. The molecule has 0 fully saturated rings. The molecule has 1 aromatic carbocycles. The number of nitrogens with one attached hydrogen (secondary N) is 1. The number of pyridine rings is 1. The lowest BCUT2D eigenvalue weighted by Gasteiger charge is -2.11. The number of rotatable bonds is 8. The number of aldehydes is 1. The molecule has 24 heavy (non-hydrogen) atoms. The van der Waals surface area contributed by atoms with Gasteiger partial charge in [0.1, 0.15) is 17.2 Å². The molecule has 1 heterocycles. The lowest BCUT2D eigenvalue weighted by molar-refractivity contribution is -0.102. The first kappa shape index (κ1) is 17.4. The predicted molar refractivity (Wildman–Crippen MR) is 90.8 cm³/mol. The molecule has 0 atom stereocenters. The number of ether oxygens (including phenoxy) is 3. The number of aromatic nitrogens is 1. The topological polar surface area (TPSA) is 82.0 Å². The summed E-state index contributed by atoms with van der Waals surface area (Å²) >= 11 is 0. The highest BCUT2D eigenvalue weighted by Crippen LogP contribution is 2.31. The highest BCUT2D eigenvalue weighted by Gasteiger charge is 2.06. The third-order valence-corrected chi connectivity index (χ3v) is 3.02. The monoisotopic (exact) mass is 329 g/mol. The maximum absolute atomic E-state index is 10.6. The Kier molecular flexibility index (Phi) is 6.27. The number of hydrogen-bond acceptors (Lipinski definition) is 7. The molecule has 1 aromatic heterocycles. The maximum Gasteiger partial charge on any atom is 0.165 e. The van der Waals surface area contributed by atoms with Gasteiger partial charge in [0.15, 0.2) is 6.29 Å². The summed E-state index contributed by atoms with van der Waals surface area (Å²) in [6.07, 6.45) is 2.29. The second-order valence-electron chi connectivity index (χ2n) is 4.87. The Labute approximate surface area is 140 Å². The van der Waals surface area contributed by atoms with E-state index in [1.165, 1.54) is 0 Å². The first-order valence-electron chi connectivity index (χ1n) is 7.21. The van der Waals surface area contributed by atoms with E-state index in [9.17, 15) is 4.79 Å². The summed E-state index contributed by atoms with van der Waals surface area (Å²) in [4.78, 5) is 14.8. The minimum atomic E-state index is 0.333. The van der Waals surface area contributed by atoms with E-state index < -0.39 is 0 Å². The van der Waals surface area contributed by atoms with Crippen molar-refractivity contribution in [1.82, 2.24) is 4.98 Å². The van der Waals surface area contributed by atoms with Crippen molar-refractivity contribution in [3.05, 3.63) is 42.2 Å². The van der Waals surface area contributed by atoms with Gasteiger partial charge < -0.3 is 14.2 Å². The van der Waals surface area contributed by atoms with Crippen molar-refractivity contribution in [3.8, 4) is 17.2 Å². The standard InChI is InChI=1S/C17H19N3O4/c1-12(10-21)19-20-16-7-6-14(8-17(16)23-3)24-15-5-4-13(11-22-2)18-9-15/h4-10,20H,11H2,1-3H3/b19-12+. The molecule has 0 spiro atoms. The fraction of sp³-hybridized carbons (Fsp3) is 0.235.